The highest BCUT2D eigenvalue weighted by atomic mass is 32.1. The van der Waals surface area contributed by atoms with Crippen LogP contribution in [-0.2, 0) is 6.42 Å². The van der Waals surface area contributed by atoms with E-state index in [2.05, 4.69) is 22.4 Å². The molecule has 1 aliphatic heterocycles. The van der Waals surface area contributed by atoms with Crippen LogP contribution in [0.5, 0.6) is 0 Å². The van der Waals surface area contributed by atoms with E-state index >= 15 is 0 Å². The normalized spacial score (nSPS) is 13.9. The van der Waals surface area contributed by atoms with Crippen LogP contribution in [0.15, 0.2) is 60.0 Å². The molecule has 0 unspecified atom stereocenters. The summed E-state index contributed by atoms with van der Waals surface area (Å²) in [6.45, 7) is 4.01. The molecule has 1 aromatic heterocycles. The average Bonchev–Trinajstić information content (AvgIpc) is 3.22. The van der Waals surface area contributed by atoms with Crippen molar-refractivity contribution < 1.29 is 9.59 Å². The third-order valence-electron chi connectivity index (χ3n) is 5.09. The molecule has 0 bridgehead atoms. The third-order valence-corrected chi connectivity index (χ3v) is 5.94. The molecule has 0 radical (unpaired) electrons. The molecule has 2 heterocycles. The highest BCUT2D eigenvalue weighted by Gasteiger charge is 2.26. The zero-order chi connectivity index (χ0) is 20.9. The number of aryl methyl sites for hydroxylation is 1. The van der Waals surface area contributed by atoms with E-state index in [1.807, 2.05) is 54.8 Å². The van der Waals surface area contributed by atoms with E-state index in [9.17, 15) is 9.59 Å². The number of piperazine rings is 1. The van der Waals surface area contributed by atoms with Crippen LogP contribution in [0.2, 0.25) is 0 Å². The summed E-state index contributed by atoms with van der Waals surface area (Å²) >= 11 is 1.51. The molecule has 3 aromatic rings. The van der Waals surface area contributed by atoms with Gasteiger partial charge < -0.3 is 15.1 Å². The van der Waals surface area contributed by atoms with E-state index in [4.69, 9.17) is 0 Å². The number of amides is 3. The molecule has 6 nitrogen and oxygen atoms in total. The van der Waals surface area contributed by atoms with Crippen LogP contribution < -0.4 is 5.32 Å². The maximum atomic E-state index is 12.8. The lowest BCUT2D eigenvalue weighted by molar-refractivity contribution is 0.0666. The Morgan fingerprint density at radius 3 is 2.47 bits per heavy atom. The fourth-order valence-electron chi connectivity index (χ4n) is 3.46. The van der Waals surface area contributed by atoms with Gasteiger partial charge in [-0.2, -0.15) is 0 Å². The second-order valence-electron chi connectivity index (χ2n) is 7.37. The molecule has 1 aliphatic rings. The minimum absolute atomic E-state index is 0.0655. The Hall–Kier alpha value is -3.19. The predicted octanol–water partition coefficient (Wildman–Crippen LogP) is 4.03. The highest BCUT2D eigenvalue weighted by molar-refractivity contribution is 7.09. The number of thiazole rings is 1. The lowest BCUT2D eigenvalue weighted by atomic mass is 10.2. The molecular weight excluding hydrogens is 396 g/mol. The second kappa shape index (κ2) is 9.09. The SMILES string of the molecule is Cc1cccc(NC(=O)N2CCN(C(=O)c3csc(Cc4ccccc4)n3)CC2)c1. The van der Waals surface area contributed by atoms with Gasteiger partial charge in [-0.05, 0) is 30.2 Å². The molecule has 30 heavy (non-hydrogen) atoms. The van der Waals surface area contributed by atoms with Crippen molar-refractivity contribution in [3.8, 4) is 0 Å². The molecule has 154 valence electrons. The molecule has 7 heteroatoms. The number of urea groups is 1. The van der Waals surface area contributed by atoms with Gasteiger partial charge in [-0.3, -0.25) is 4.79 Å². The van der Waals surface area contributed by atoms with E-state index in [0.717, 1.165) is 22.7 Å². The lowest BCUT2D eigenvalue weighted by Crippen LogP contribution is -2.51. The van der Waals surface area contributed by atoms with Crippen molar-refractivity contribution >= 4 is 29.0 Å². The van der Waals surface area contributed by atoms with Crippen molar-refractivity contribution in [2.24, 2.45) is 0 Å². The van der Waals surface area contributed by atoms with Gasteiger partial charge in [0.25, 0.3) is 5.91 Å². The van der Waals surface area contributed by atoms with Gasteiger partial charge in [0.15, 0.2) is 0 Å². The fraction of sp³-hybridized carbons (Fsp3) is 0.261. The summed E-state index contributed by atoms with van der Waals surface area (Å²) in [5, 5.41) is 5.69. The Bertz CT molecular complexity index is 1030. The molecule has 0 atom stereocenters. The summed E-state index contributed by atoms with van der Waals surface area (Å²) in [5.74, 6) is -0.0655. The molecule has 0 saturated carbocycles. The maximum Gasteiger partial charge on any atom is 0.321 e. The molecular formula is C23H24N4O2S. The molecule has 1 N–H and O–H groups in total. The second-order valence-corrected chi connectivity index (χ2v) is 8.31. The minimum Gasteiger partial charge on any atom is -0.334 e. The Morgan fingerprint density at radius 2 is 1.73 bits per heavy atom. The number of carbonyl (C=O) groups excluding carboxylic acids is 2. The largest absolute Gasteiger partial charge is 0.334 e. The first-order valence-electron chi connectivity index (χ1n) is 9.99. The Labute approximate surface area is 180 Å². The molecule has 2 aromatic carbocycles. The minimum atomic E-state index is -0.133. The predicted molar refractivity (Wildman–Crippen MR) is 119 cm³/mol. The van der Waals surface area contributed by atoms with Gasteiger partial charge in [-0.1, -0.05) is 42.5 Å². The van der Waals surface area contributed by atoms with E-state index in [0.29, 0.717) is 31.9 Å². The average molecular weight is 421 g/mol. The first kappa shape index (κ1) is 20.1. The zero-order valence-corrected chi connectivity index (χ0v) is 17.7. The quantitative estimate of drug-likeness (QED) is 0.693. The van der Waals surface area contributed by atoms with Crippen LogP contribution in [0, 0.1) is 6.92 Å². The van der Waals surface area contributed by atoms with Crippen molar-refractivity contribution in [2.45, 2.75) is 13.3 Å². The molecule has 1 saturated heterocycles. The standard InChI is InChI=1S/C23H24N4O2S/c1-17-6-5-9-19(14-17)24-23(29)27-12-10-26(11-13-27)22(28)20-16-30-21(25-20)15-18-7-3-2-4-8-18/h2-9,14,16H,10-13,15H2,1H3,(H,24,29). The summed E-state index contributed by atoms with van der Waals surface area (Å²) < 4.78 is 0. The van der Waals surface area contributed by atoms with E-state index < -0.39 is 0 Å². The first-order chi connectivity index (χ1) is 14.6. The molecule has 1 fully saturated rings. The third kappa shape index (κ3) is 4.86. The number of aromatic nitrogens is 1. The highest BCUT2D eigenvalue weighted by Crippen LogP contribution is 2.17. The number of anilines is 1. The van der Waals surface area contributed by atoms with E-state index in [1.54, 1.807) is 9.80 Å². The number of benzene rings is 2. The van der Waals surface area contributed by atoms with Gasteiger partial charge in [0.2, 0.25) is 0 Å². The first-order valence-corrected chi connectivity index (χ1v) is 10.9. The topological polar surface area (TPSA) is 65.5 Å². The van der Waals surface area contributed by atoms with E-state index in [1.165, 1.54) is 16.9 Å². The van der Waals surface area contributed by atoms with Crippen LogP contribution in [0.4, 0.5) is 10.5 Å². The maximum absolute atomic E-state index is 12.8. The van der Waals surface area contributed by atoms with Crippen molar-refractivity contribution in [3.05, 3.63) is 81.8 Å². The van der Waals surface area contributed by atoms with Crippen LogP contribution in [0.1, 0.15) is 26.6 Å². The van der Waals surface area contributed by atoms with Gasteiger partial charge in [-0.15, -0.1) is 11.3 Å². The number of rotatable bonds is 4. The van der Waals surface area contributed by atoms with Gasteiger partial charge >= 0.3 is 6.03 Å². The van der Waals surface area contributed by atoms with Crippen LogP contribution in [0.3, 0.4) is 0 Å². The number of carbonyl (C=O) groups is 2. The summed E-state index contributed by atoms with van der Waals surface area (Å²) in [4.78, 5) is 33.4. The Balaban J connectivity index is 1.30. The van der Waals surface area contributed by atoms with Crippen molar-refractivity contribution in [1.82, 2.24) is 14.8 Å². The zero-order valence-electron chi connectivity index (χ0n) is 16.9. The monoisotopic (exact) mass is 420 g/mol. The number of nitrogens with zero attached hydrogens (tertiary/aromatic N) is 3. The van der Waals surface area contributed by atoms with E-state index in [-0.39, 0.29) is 11.9 Å². The van der Waals surface area contributed by atoms with Gasteiger partial charge in [-0.25, -0.2) is 9.78 Å². The molecule has 0 spiro atoms. The van der Waals surface area contributed by atoms with Crippen molar-refractivity contribution in [2.75, 3.05) is 31.5 Å². The number of hydrogen-bond donors (Lipinski definition) is 1. The van der Waals surface area contributed by atoms with Gasteiger partial charge in [0.1, 0.15) is 5.69 Å². The Morgan fingerprint density at radius 1 is 1.00 bits per heavy atom. The summed E-state index contributed by atoms with van der Waals surface area (Å²) in [5.41, 5.74) is 3.55. The Kier molecular flexibility index (Phi) is 6.09. The molecule has 3 amide bonds. The molecule has 4 rings (SSSR count). The van der Waals surface area contributed by atoms with Gasteiger partial charge in [0, 0.05) is 43.7 Å². The smallest absolute Gasteiger partial charge is 0.321 e. The lowest BCUT2D eigenvalue weighted by Gasteiger charge is -2.34. The van der Waals surface area contributed by atoms with Crippen LogP contribution in [0.25, 0.3) is 0 Å². The van der Waals surface area contributed by atoms with Crippen LogP contribution >= 0.6 is 11.3 Å². The summed E-state index contributed by atoms with van der Waals surface area (Å²) in [6.07, 6.45) is 0.728. The summed E-state index contributed by atoms with van der Waals surface area (Å²) in [6, 6.07) is 17.7. The van der Waals surface area contributed by atoms with Crippen molar-refractivity contribution in [1.29, 1.82) is 0 Å². The van der Waals surface area contributed by atoms with Crippen molar-refractivity contribution in [3.63, 3.8) is 0 Å². The number of hydrogen-bond acceptors (Lipinski definition) is 4. The van der Waals surface area contributed by atoms with Crippen LogP contribution in [-0.4, -0.2) is 52.9 Å². The van der Waals surface area contributed by atoms with Gasteiger partial charge in [0.05, 0.1) is 5.01 Å². The molecule has 0 aliphatic carbocycles. The number of nitrogens with one attached hydrogen (secondary N) is 1. The summed E-state index contributed by atoms with van der Waals surface area (Å²) in [7, 11) is 0. The fourth-order valence-corrected chi connectivity index (χ4v) is 4.26.